The number of anilines is 2. The second kappa shape index (κ2) is 14.9. The highest BCUT2D eigenvalue weighted by molar-refractivity contribution is 7.98. The molecule has 0 spiro atoms. The van der Waals surface area contributed by atoms with Gasteiger partial charge in [-0.3, -0.25) is 9.80 Å². The first kappa shape index (κ1) is 29.7. The number of nitrogens with two attached hydrogens (primary N) is 1. The molecule has 3 N–H and O–H groups in total. The van der Waals surface area contributed by atoms with Crippen molar-refractivity contribution in [3.05, 3.63) is 107 Å². The summed E-state index contributed by atoms with van der Waals surface area (Å²) < 4.78 is 14.5. The maximum Gasteiger partial charge on any atom is 0.207 e. The van der Waals surface area contributed by atoms with E-state index < -0.39 is 0 Å². The van der Waals surface area contributed by atoms with E-state index in [0.717, 1.165) is 27.4 Å². The Morgan fingerprint density at radius 3 is 2.55 bits per heavy atom. The van der Waals surface area contributed by atoms with E-state index in [1.165, 1.54) is 11.0 Å². The molecule has 0 aliphatic carbocycles. The van der Waals surface area contributed by atoms with E-state index in [0.29, 0.717) is 48.9 Å². The summed E-state index contributed by atoms with van der Waals surface area (Å²) >= 11 is 9.90. The molecule has 9 heteroatoms. The number of benzene rings is 3. The Morgan fingerprint density at radius 2 is 1.80 bits per heavy atom. The molecule has 0 saturated carbocycles. The van der Waals surface area contributed by atoms with E-state index in [2.05, 4.69) is 54.0 Å². The van der Waals surface area contributed by atoms with Gasteiger partial charge in [0, 0.05) is 29.4 Å². The Hall–Kier alpha value is -3.30. The number of hydrogen-bond donors (Lipinski definition) is 2. The number of unbranched alkanes of at least 4 members (excludes halogenated alkanes) is 1. The first-order valence-electron chi connectivity index (χ1n) is 12.9. The number of carbonyl (C=O) groups is 1. The van der Waals surface area contributed by atoms with Crippen LogP contribution in [0.2, 0.25) is 5.02 Å². The van der Waals surface area contributed by atoms with Crippen LogP contribution in [0.3, 0.4) is 0 Å². The molecule has 0 bridgehead atoms. The Kier molecular flexibility index (Phi) is 11.1. The van der Waals surface area contributed by atoms with Gasteiger partial charge in [-0.15, -0.1) is 23.1 Å². The molecule has 1 amide bonds. The molecule has 208 valence electrons. The molecule has 40 heavy (non-hydrogen) atoms. The van der Waals surface area contributed by atoms with Crippen molar-refractivity contribution in [3.8, 4) is 10.4 Å². The number of thiophene rings is 1. The highest BCUT2D eigenvalue weighted by Crippen LogP contribution is 2.37. The quantitative estimate of drug-likeness (QED) is 0.0515. The lowest BCUT2D eigenvalue weighted by atomic mass is 10.1. The number of thioether (sulfide) groups is 1. The average molecular weight is 595 g/mol. The largest absolute Gasteiger partial charge is 0.367 e. The topological polar surface area (TPSA) is 61.6 Å². The second-order valence-corrected chi connectivity index (χ2v) is 11.3. The summed E-state index contributed by atoms with van der Waals surface area (Å²) in [6.45, 7) is 1.54. The summed E-state index contributed by atoms with van der Waals surface area (Å²) in [5.74, 6) is 6.40. The summed E-state index contributed by atoms with van der Waals surface area (Å²) in [6.07, 6.45) is 6.30. The molecule has 4 aromatic rings. The zero-order chi connectivity index (χ0) is 28.3. The zero-order valence-electron chi connectivity index (χ0n) is 22.2. The van der Waals surface area contributed by atoms with Crippen LogP contribution in [0.1, 0.15) is 17.7 Å². The number of hydrazine groups is 1. The molecular formula is C31H32ClFN4OS2. The zero-order valence-corrected chi connectivity index (χ0v) is 24.6. The monoisotopic (exact) mass is 594 g/mol. The number of rotatable bonds is 14. The third kappa shape index (κ3) is 7.67. The number of allylic oxidation sites excluding steroid dienone is 1. The summed E-state index contributed by atoms with van der Waals surface area (Å²) in [7, 11) is 0. The van der Waals surface area contributed by atoms with E-state index >= 15 is 0 Å². The standard InChI is InChI=1S/C31H32ClFN4OS2/c1-39-24-10-8-9-23(21-24)30-16-17-31(40-30)29(37(34)27-13-4-2-11-25(27)32)15-6-7-19-36(20-18-35-22-38)28-14-5-3-12-26(28)33/h2-5,8-17,21-22H,6-7,18-20,34H2,1H3,(H,35,38)/b29-15-. The SMILES string of the molecule is CSc1cccc(-c2ccc(/C(=C/CCCN(CCNC=O)c3ccccc3F)N(N)c3ccccc3Cl)s2)c1. The van der Waals surface area contributed by atoms with Crippen molar-refractivity contribution in [3.63, 3.8) is 0 Å². The van der Waals surface area contributed by atoms with Gasteiger partial charge in [0.25, 0.3) is 0 Å². The molecule has 4 rings (SSSR count). The van der Waals surface area contributed by atoms with Crippen LogP contribution in [0.4, 0.5) is 15.8 Å². The van der Waals surface area contributed by atoms with Crippen LogP contribution in [0.25, 0.3) is 16.1 Å². The normalized spacial score (nSPS) is 11.3. The first-order valence-corrected chi connectivity index (χ1v) is 15.3. The summed E-state index contributed by atoms with van der Waals surface area (Å²) in [6, 6.07) is 26.9. The van der Waals surface area contributed by atoms with E-state index in [-0.39, 0.29) is 5.82 Å². The minimum atomic E-state index is -0.284. The molecule has 0 saturated heterocycles. The van der Waals surface area contributed by atoms with Gasteiger partial charge in [-0.2, -0.15) is 0 Å². The minimum Gasteiger partial charge on any atom is -0.367 e. The third-order valence-corrected chi connectivity index (χ3v) is 8.56. The van der Waals surface area contributed by atoms with Crippen LogP contribution in [-0.2, 0) is 4.79 Å². The fourth-order valence-electron chi connectivity index (χ4n) is 4.34. The molecule has 5 nitrogen and oxygen atoms in total. The van der Waals surface area contributed by atoms with Crippen LogP contribution < -0.4 is 21.1 Å². The number of hydrogen-bond acceptors (Lipinski definition) is 6. The van der Waals surface area contributed by atoms with Gasteiger partial charge < -0.3 is 10.2 Å². The number of para-hydroxylation sites is 2. The van der Waals surface area contributed by atoms with Gasteiger partial charge in [0.2, 0.25) is 6.41 Å². The van der Waals surface area contributed by atoms with Crippen LogP contribution >= 0.6 is 34.7 Å². The summed E-state index contributed by atoms with van der Waals surface area (Å²) in [4.78, 5) is 16.1. The fourth-order valence-corrected chi connectivity index (χ4v) is 6.07. The van der Waals surface area contributed by atoms with Crippen LogP contribution in [0, 0.1) is 5.82 Å². The lowest BCUT2D eigenvalue weighted by Gasteiger charge is -2.25. The van der Waals surface area contributed by atoms with Crippen LogP contribution in [-0.4, -0.2) is 32.3 Å². The summed E-state index contributed by atoms with van der Waals surface area (Å²) in [5.41, 5.74) is 3.24. The number of nitrogens with one attached hydrogen (secondary N) is 1. The molecule has 0 aliphatic heterocycles. The van der Waals surface area contributed by atoms with Gasteiger partial charge in [0.1, 0.15) is 5.82 Å². The van der Waals surface area contributed by atoms with Crippen molar-refractivity contribution in [2.24, 2.45) is 5.84 Å². The Balaban J connectivity index is 1.57. The highest BCUT2D eigenvalue weighted by atomic mass is 35.5. The van der Waals surface area contributed by atoms with Crippen LogP contribution in [0.5, 0.6) is 0 Å². The maximum absolute atomic E-state index is 14.5. The van der Waals surface area contributed by atoms with Crippen molar-refractivity contribution >= 4 is 58.2 Å². The number of nitrogens with zero attached hydrogens (tertiary/aromatic N) is 2. The average Bonchev–Trinajstić information content (AvgIpc) is 3.47. The molecule has 3 aromatic carbocycles. The van der Waals surface area contributed by atoms with Gasteiger partial charge in [-0.1, -0.05) is 54.1 Å². The molecule has 0 atom stereocenters. The van der Waals surface area contributed by atoms with E-state index in [4.69, 9.17) is 17.4 Å². The number of amides is 1. The summed E-state index contributed by atoms with van der Waals surface area (Å²) in [5, 5.41) is 4.87. The van der Waals surface area contributed by atoms with E-state index in [9.17, 15) is 9.18 Å². The molecule has 0 radical (unpaired) electrons. The molecule has 0 fully saturated rings. The number of carbonyl (C=O) groups excluding carboxylic acids is 1. The van der Waals surface area contributed by atoms with E-state index in [1.807, 2.05) is 35.2 Å². The van der Waals surface area contributed by atoms with Gasteiger partial charge in [-0.25, -0.2) is 10.2 Å². The lowest BCUT2D eigenvalue weighted by Crippen LogP contribution is -2.33. The fraction of sp³-hybridized carbons (Fsp3) is 0.194. The van der Waals surface area contributed by atoms with Crippen LogP contribution in [0.15, 0.2) is 95.9 Å². The predicted molar refractivity (Wildman–Crippen MR) is 170 cm³/mol. The Bertz CT molecular complexity index is 1440. The van der Waals surface area contributed by atoms with Gasteiger partial charge in [-0.05, 0) is 73.2 Å². The molecular weight excluding hydrogens is 563 g/mol. The highest BCUT2D eigenvalue weighted by Gasteiger charge is 2.17. The molecule has 0 unspecified atom stereocenters. The first-order chi connectivity index (χ1) is 19.5. The van der Waals surface area contributed by atoms with Crippen molar-refractivity contribution in [2.75, 3.05) is 35.8 Å². The Labute approximate surface area is 248 Å². The molecule has 0 aliphatic rings. The minimum absolute atomic E-state index is 0.284. The lowest BCUT2D eigenvalue weighted by molar-refractivity contribution is -0.109. The van der Waals surface area contributed by atoms with Gasteiger partial charge in [0.15, 0.2) is 0 Å². The second-order valence-electron chi connectivity index (χ2n) is 8.96. The van der Waals surface area contributed by atoms with Gasteiger partial charge >= 0.3 is 0 Å². The molecule has 1 aromatic heterocycles. The predicted octanol–water partition coefficient (Wildman–Crippen LogP) is 7.68. The third-order valence-electron chi connectivity index (χ3n) is 6.36. The van der Waals surface area contributed by atoms with E-state index in [1.54, 1.807) is 40.2 Å². The smallest absolute Gasteiger partial charge is 0.207 e. The van der Waals surface area contributed by atoms with Crippen molar-refractivity contribution in [2.45, 2.75) is 17.7 Å². The maximum atomic E-state index is 14.5. The number of halogens is 2. The van der Waals surface area contributed by atoms with Crippen molar-refractivity contribution in [1.82, 2.24) is 5.32 Å². The van der Waals surface area contributed by atoms with Gasteiger partial charge in [0.05, 0.1) is 27.0 Å². The molecule has 1 heterocycles. The Morgan fingerprint density at radius 1 is 1.02 bits per heavy atom. The van der Waals surface area contributed by atoms with Crippen molar-refractivity contribution in [1.29, 1.82) is 0 Å². The van der Waals surface area contributed by atoms with Crippen molar-refractivity contribution < 1.29 is 9.18 Å².